The molecule has 21 heavy (non-hydrogen) atoms. The molecule has 0 atom stereocenters. The molecule has 0 fully saturated rings. The van der Waals surface area contributed by atoms with Crippen LogP contribution in [0.1, 0.15) is 12.8 Å². The zero-order valence-electron chi connectivity index (χ0n) is 11.9. The Morgan fingerprint density at radius 2 is 1.95 bits per heavy atom. The summed E-state index contributed by atoms with van der Waals surface area (Å²) in [5.74, 6) is 0.514. The lowest BCUT2D eigenvalue weighted by Crippen LogP contribution is -2.29. The average molecular weight is 312 g/mol. The van der Waals surface area contributed by atoms with Crippen molar-refractivity contribution in [3.8, 4) is 5.75 Å². The van der Waals surface area contributed by atoms with Crippen LogP contribution in [-0.2, 0) is 4.79 Å². The van der Waals surface area contributed by atoms with Gasteiger partial charge < -0.3 is 20.5 Å². The predicted octanol–water partition coefficient (Wildman–Crippen LogP) is 2.41. The van der Waals surface area contributed by atoms with Gasteiger partial charge in [-0.3, -0.25) is 0 Å². The van der Waals surface area contributed by atoms with E-state index in [9.17, 15) is 9.59 Å². The minimum Gasteiger partial charge on any atom is -0.482 e. The van der Waals surface area contributed by atoms with E-state index >= 15 is 0 Å². The van der Waals surface area contributed by atoms with Gasteiger partial charge in [0.25, 0.3) is 0 Å². The highest BCUT2D eigenvalue weighted by Crippen LogP contribution is 2.15. The highest BCUT2D eigenvalue weighted by Gasteiger charge is 2.02. The first-order valence-electron chi connectivity index (χ1n) is 6.60. The number of hydrogen-bond donors (Lipinski definition) is 3. The van der Waals surface area contributed by atoms with Crippen LogP contribution in [0.4, 0.5) is 10.5 Å². The maximum absolute atomic E-state index is 11.6. The van der Waals surface area contributed by atoms with Gasteiger partial charge in [-0.1, -0.05) is 0 Å². The van der Waals surface area contributed by atoms with E-state index in [1.54, 1.807) is 36.0 Å². The lowest BCUT2D eigenvalue weighted by Gasteiger charge is -2.08. The summed E-state index contributed by atoms with van der Waals surface area (Å²) in [5.41, 5.74) is 0.624. The normalized spacial score (nSPS) is 9.95. The molecular weight excluding hydrogens is 292 g/mol. The van der Waals surface area contributed by atoms with E-state index < -0.39 is 5.97 Å². The molecule has 0 heterocycles. The molecule has 0 aliphatic carbocycles. The monoisotopic (exact) mass is 312 g/mol. The number of nitrogens with one attached hydrogen (secondary N) is 2. The molecule has 0 unspecified atom stereocenters. The first-order chi connectivity index (χ1) is 10.1. The predicted molar refractivity (Wildman–Crippen MR) is 84.2 cm³/mol. The zero-order chi connectivity index (χ0) is 15.5. The van der Waals surface area contributed by atoms with Crippen molar-refractivity contribution in [3.63, 3.8) is 0 Å². The molecule has 0 aliphatic rings. The quantitative estimate of drug-likeness (QED) is 0.610. The molecule has 0 saturated carbocycles. The number of hydrogen-bond acceptors (Lipinski definition) is 4. The van der Waals surface area contributed by atoms with E-state index in [4.69, 9.17) is 9.84 Å². The summed E-state index contributed by atoms with van der Waals surface area (Å²) in [6, 6.07) is 6.28. The second kappa shape index (κ2) is 9.93. The molecule has 1 aromatic carbocycles. The fraction of sp³-hybridized carbons (Fsp3) is 0.429. The standard InChI is InChI=1S/C14H20N2O4S/c1-21-9-3-2-8-15-14(19)16-11-4-6-12(7-5-11)20-10-13(17)18/h4-7H,2-3,8-10H2,1H3,(H,17,18)(H2,15,16,19). The summed E-state index contributed by atoms with van der Waals surface area (Å²) in [6.45, 7) is 0.259. The number of carboxylic acids is 1. The summed E-state index contributed by atoms with van der Waals surface area (Å²) in [5, 5.41) is 14.0. The summed E-state index contributed by atoms with van der Waals surface area (Å²) in [6.07, 6.45) is 4.09. The molecule has 0 aromatic heterocycles. The second-order valence-corrected chi connectivity index (χ2v) is 5.27. The van der Waals surface area contributed by atoms with E-state index in [2.05, 4.69) is 16.9 Å². The number of urea groups is 1. The molecule has 116 valence electrons. The van der Waals surface area contributed by atoms with Gasteiger partial charge >= 0.3 is 12.0 Å². The van der Waals surface area contributed by atoms with Crippen LogP contribution in [0.2, 0.25) is 0 Å². The topological polar surface area (TPSA) is 87.7 Å². The van der Waals surface area contributed by atoms with Crippen molar-refractivity contribution in [2.45, 2.75) is 12.8 Å². The van der Waals surface area contributed by atoms with E-state index in [-0.39, 0.29) is 12.6 Å². The van der Waals surface area contributed by atoms with Gasteiger partial charge in [-0.2, -0.15) is 11.8 Å². The molecule has 0 bridgehead atoms. The summed E-state index contributed by atoms with van der Waals surface area (Å²) in [7, 11) is 0. The first kappa shape index (κ1) is 17.2. The van der Waals surface area contributed by atoms with Crippen LogP contribution in [0.25, 0.3) is 0 Å². The maximum atomic E-state index is 11.6. The first-order valence-corrected chi connectivity index (χ1v) is 7.99. The highest BCUT2D eigenvalue weighted by molar-refractivity contribution is 7.98. The molecule has 1 aromatic rings. The lowest BCUT2D eigenvalue weighted by atomic mass is 10.3. The summed E-state index contributed by atoms with van der Waals surface area (Å²) >= 11 is 1.79. The fourth-order valence-corrected chi connectivity index (χ4v) is 2.02. The van der Waals surface area contributed by atoms with Crippen molar-refractivity contribution >= 4 is 29.4 Å². The maximum Gasteiger partial charge on any atom is 0.341 e. The van der Waals surface area contributed by atoms with Crippen LogP contribution in [0, 0.1) is 0 Å². The minimum atomic E-state index is -1.03. The van der Waals surface area contributed by atoms with Gasteiger partial charge in [-0.05, 0) is 49.1 Å². The van der Waals surface area contributed by atoms with Crippen LogP contribution in [0.3, 0.4) is 0 Å². The summed E-state index contributed by atoms with van der Waals surface area (Å²) in [4.78, 5) is 22.0. The SMILES string of the molecule is CSCCCCNC(=O)Nc1ccc(OCC(=O)O)cc1. The van der Waals surface area contributed by atoms with Crippen LogP contribution >= 0.6 is 11.8 Å². The Kier molecular flexibility index (Phi) is 8.11. The Morgan fingerprint density at radius 1 is 1.24 bits per heavy atom. The third-order valence-corrected chi connectivity index (χ3v) is 3.23. The van der Waals surface area contributed by atoms with Crippen LogP contribution in [0.5, 0.6) is 5.75 Å². The lowest BCUT2D eigenvalue weighted by molar-refractivity contribution is -0.139. The van der Waals surface area contributed by atoms with Gasteiger partial charge in [-0.15, -0.1) is 0 Å². The Balaban J connectivity index is 2.27. The Labute approximate surface area is 128 Å². The van der Waals surface area contributed by atoms with Crippen LogP contribution in [0.15, 0.2) is 24.3 Å². The molecule has 1 rings (SSSR count). The smallest absolute Gasteiger partial charge is 0.341 e. The van der Waals surface area contributed by atoms with E-state index in [0.29, 0.717) is 18.0 Å². The number of amides is 2. The number of ether oxygens (including phenoxy) is 1. The number of thioether (sulfide) groups is 1. The molecule has 3 N–H and O–H groups in total. The van der Waals surface area contributed by atoms with E-state index in [1.165, 1.54) is 0 Å². The third kappa shape index (κ3) is 8.09. The van der Waals surface area contributed by atoms with E-state index in [1.807, 2.05) is 0 Å². The van der Waals surface area contributed by atoms with Crippen LogP contribution in [-0.4, -0.2) is 42.3 Å². The zero-order valence-corrected chi connectivity index (χ0v) is 12.7. The van der Waals surface area contributed by atoms with Gasteiger partial charge in [0.1, 0.15) is 5.75 Å². The van der Waals surface area contributed by atoms with E-state index in [0.717, 1.165) is 18.6 Å². The molecular formula is C14H20N2O4S. The molecule has 0 spiro atoms. The van der Waals surface area contributed by atoms with Gasteiger partial charge in [-0.25, -0.2) is 9.59 Å². The number of carbonyl (C=O) groups excluding carboxylic acids is 1. The van der Waals surface area contributed by atoms with Gasteiger partial charge in [0, 0.05) is 12.2 Å². The molecule has 0 aliphatic heterocycles. The van der Waals surface area contributed by atoms with Gasteiger partial charge in [0.2, 0.25) is 0 Å². The second-order valence-electron chi connectivity index (χ2n) is 4.29. The van der Waals surface area contributed by atoms with Crippen molar-refractivity contribution < 1.29 is 19.4 Å². The van der Waals surface area contributed by atoms with Crippen molar-refractivity contribution in [1.29, 1.82) is 0 Å². The third-order valence-electron chi connectivity index (χ3n) is 2.54. The molecule has 6 nitrogen and oxygen atoms in total. The Hall–Kier alpha value is -1.89. The molecule has 7 heteroatoms. The van der Waals surface area contributed by atoms with Crippen LogP contribution < -0.4 is 15.4 Å². The van der Waals surface area contributed by atoms with Crippen molar-refractivity contribution in [1.82, 2.24) is 5.32 Å². The van der Waals surface area contributed by atoms with Crippen molar-refractivity contribution in [2.24, 2.45) is 0 Å². The van der Waals surface area contributed by atoms with Gasteiger partial charge in [0.15, 0.2) is 6.61 Å². The number of benzene rings is 1. The number of unbranched alkanes of at least 4 members (excludes halogenated alkanes) is 1. The summed E-state index contributed by atoms with van der Waals surface area (Å²) < 4.78 is 5.00. The number of rotatable bonds is 9. The Bertz CT molecular complexity index is 451. The van der Waals surface area contributed by atoms with Gasteiger partial charge in [0.05, 0.1) is 0 Å². The fourth-order valence-electron chi connectivity index (χ4n) is 1.53. The van der Waals surface area contributed by atoms with Crippen molar-refractivity contribution in [3.05, 3.63) is 24.3 Å². The number of anilines is 1. The largest absolute Gasteiger partial charge is 0.482 e. The average Bonchev–Trinajstić information content (AvgIpc) is 2.46. The molecule has 0 radical (unpaired) electrons. The number of carboxylic acid groups (broad SMARTS) is 1. The molecule has 0 saturated heterocycles. The number of carbonyl (C=O) groups is 2. The number of aliphatic carboxylic acids is 1. The highest BCUT2D eigenvalue weighted by atomic mass is 32.2. The minimum absolute atomic E-state index is 0.252. The molecule has 2 amide bonds. The Morgan fingerprint density at radius 3 is 2.57 bits per heavy atom. The van der Waals surface area contributed by atoms with Crippen molar-refractivity contribution in [2.75, 3.05) is 30.5 Å².